The molecule has 2 rings (SSSR count). The van der Waals surface area contributed by atoms with E-state index in [1.54, 1.807) is 0 Å². The van der Waals surface area contributed by atoms with E-state index in [9.17, 15) is 9.00 Å². The molecule has 1 amide bonds. The zero-order chi connectivity index (χ0) is 16.9. The predicted octanol–water partition coefficient (Wildman–Crippen LogP) is 3.46. The van der Waals surface area contributed by atoms with Gasteiger partial charge in [0, 0.05) is 10.8 Å². The Morgan fingerprint density at radius 2 is 1.48 bits per heavy atom. The Labute approximate surface area is 146 Å². The normalized spacial score (nSPS) is 13.6. The molecule has 0 saturated heterocycles. The number of benzene rings is 2. The molecular formula is C17H21NO2S3. The first-order chi connectivity index (χ1) is 10.9. The summed E-state index contributed by atoms with van der Waals surface area (Å²) in [5.74, 6) is -0.263. The molecule has 2 aromatic rings. The molecule has 0 aliphatic carbocycles. The van der Waals surface area contributed by atoms with E-state index in [2.05, 4.69) is 16.4 Å². The highest BCUT2D eigenvalue weighted by molar-refractivity contribution is 8.86. The van der Waals surface area contributed by atoms with Crippen LogP contribution in [0.15, 0.2) is 60.7 Å². The van der Waals surface area contributed by atoms with E-state index in [4.69, 9.17) is 0 Å². The van der Waals surface area contributed by atoms with Crippen LogP contribution in [0.25, 0.3) is 0 Å². The second kappa shape index (κ2) is 8.04. The monoisotopic (exact) mass is 367 g/mol. The molecule has 124 valence electrons. The van der Waals surface area contributed by atoms with Gasteiger partial charge in [-0.05, 0) is 23.6 Å². The second-order valence-electron chi connectivity index (χ2n) is 5.52. The third-order valence-corrected chi connectivity index (χ3v) is 5.72. The van der Waals surface area contributed by atoms with Gasteiger partial charge in [0.05, 0.1) is 5.25 Å². The highest BCUT2D eigenvalue weighted by atomic mass is 33.1. The van der Waals surface area contributed by atoms with E-state index in [1.165, 1.54) is 0 Å². The SMILES string of the molecule is CS(C)(S)NC(=O)CS(=O)C(c1ccccc1)c1ccccc1. The quantitative estimate of drug-likeness (QED) is 0.607. The molecule has 0 aliphatic heterocycles. The van der Waals surface area contributed by atoms with Gasteiger partial charge in [0.15, 0.2) is 0 Å². The predicted molar refractivity (Wildman–Crippen MR) is 104 cm³/mol. The van der Waals surface area contributed by atoms with E-state index < -0.39 is 20.0 Å². The molecular weight excluding hydrogens is 346 g/mol. The van der Waals surface area contributed by atoms with E-state index in [0.29, 0.717) is 0 Å². The Morgan fingerprint density at radius 3 is 1.87 bits per heavy atom. The number of nitrogens with one attached hydrogen (secondary N) is 1. The van der Waals surface area contributed by atoms with Gasteiger partial charge in [0.25, 0.3) is 0 Å². The summed E-state index contributed by atoms with van der Waals surface area (Å²) in [7, 11) is -2.82. The molecule has 0 saturated carbocycles. The summed E-state index contributed by atoms with van der Waals surface area (Å²) in [4.78, 5) is 12.1. The first-order valence-corrected chi connectivity index (χ1v) is 12.0. The van der Waals surface area contributed by atoms with Gasteiger partial charge in [-0.25, -0.2) is 0 Å². The van der Waals surface area contributed by atoms with Crippen molar-refractivity contribution in [3.63, 3.8) is 0 Å². The Morgan fingerprint density at radius 1 is 1.04 bits per heavy atom. The van der Waals surface area contributed by atoms with Crippen LogP contribution in [-0.4, -0.2) is 28.4 Å². The minimum atomic E-state index is -1.46. The van der Waals surface area contributed by atoms with Crippen LogP contribution in [0.5, 0.6) is 0 Å². The molecule has 6 heteroatoms. The summed E-state index contributed by atoms with van der Waals surface area (Å²) in [6.45, 7) is 0. The summed E-state index contributed by atoms with van der Waals surface area (Å²) in [6, 6.07) is 19.3. The van der Waals surface area contributed by atoms with Crippen molar-refractivity contribution in [2.45, 2.75) is 5.25 Å². The summed E-state index contributed by atoms with van der Waals surface area (Å²) < 4.78 is 15.7. The summed E-state index contributed by atoms with van der Waals surface area (Å²) >= 11 is 4.36. The average Bonchev–Trinajstić information content (AvgIpc) is 2.47. The van der Waals surface area contributed by atoms with Gasteiger partial charge in [-0.2, -0.15) is 0 Å². The summed E-state index contributed by atoms with van der Waals surface area (Å²) in [6.07, 6.45) is 3.73. The Hall–Kier alpha value is -1.24. The maximum Gasteiger partial charge on any atom is 0.241 e. The molecule has 0 aromatic heterocycles. The van der Waals surface area contributed by atoms with Crippen LogP contribution in [0.4, 0.5) is 0 Å². The topological polar surface area (TPSA) is 46.2 Å². The van der Waals surface area contributed by atoms with E-state index in [1.807, 2.05) is 73.2 Å². The number of rotatable bonds is 6. The largest absolute Gasteiger partial charge is 0.310 e. The molecule has 0 spiro atoms. The fraction of sp³-hybridized carbons (Fsp3) is 0.235. The van der Waals surface area contributed by atoms with Crippen LogP contribution in [0.2, 0.25) is 0 Å². The van der Waals surface area contributed by atoms with Gasteiger partial charge in [0.1, 0.15) is 5.75 Å². The molecule has 0 bridgehead atoms. The minimum absolute atomic E-state index is 0.0363. The number of hydrogen-bond donors (Lipinski definition) is 2. The molecule has 1 atom stereocenters. The fourth-order valence-corrected chi connectivity index (χ4v) is 4.72. The van der Waals surface area contributed by atoms with Crippen LogP contribution in [0.3, 0.4) is 0 Å². The van der Waals surface area contributed by atoms with E-state index in [0.717, 1.165) is 11.1 Å². The smallest absolute Gasteiger partial charge is 0.241 e. The lowest BCUT2D eigenvalue weighted by molar-refractivity contribution is -0.116. The lowest BCUT2D eigenvalue weighted by Gasteiger charge is -2.25. The lowest BCUT2D eigenvalue weighted by Crippen LogP contribution is -2.29. The van der Waals surface area contributed by atoms with E-state index >= 15 is 0 Å². The fourth-order valence-electron chi connectivity index (χ4n) is 2.27. The molecule has 0 heterocycles. The maximum atomic E-state index is 12.9. The highest BCUT2D eigenvalue weighted by Crippen LogP contribution is 2.39. The van der Waals surface area contributed by atoms with Crippen molar-refractivity contribution >= 4 is 37.6 Å². The number of thiol groups is 1. The third-order valence-electron chi connectivity index (χ3n) is 3.10. The zero-order valence-electron chi connectivity index (χ0n) is 13.1. The van der Waals surface area contributed by atoms with Crippen LogP contribution in [0.1, 0.15) is 16.4 Å². The zero-order valence-corrected chi connectivity index (χ0v) is 15.7. The second-order valence-corrected chi connectivity index (χ2v) is 12.5. The summed E-state index contributed by atoms with van der Waals surface area (Å²) in [5.41, 5.74) is 1.89. The highest BCUT2D eigenvalue weighted by Gasteiger charge is 2.24. The molecule has 3 nitrogen and oxygen atoms in total. The molecule has 0 radical (unpaired) electrons. The average molecular weight is 368 g/mol. The Bertz CT molecular complexity index is 630. The van der Waals surface area contributed by atoms with Gasteiger partial charge in [-0.3, -0.25) is 9.00 Å². The van der Waals surface area contributed by atoms with Gasteiger partial charge in [-0.15, -0.1) is 20.9 Å². The summed E-state index contributed by atoms with van der Waals surface area (Å²) in [5, 5.41) is -0.318. The van der Waals surface area contributed by atoms with Crippen molar-refractivity contribution in [3.05, 3.63) is 71.8 Å². The molecule has 2 aromatic carbocycles. The van der Waals surface area contributed by atoms with Gasteiger partial charge < -0.3 is 4.72 Å². The van der Waals surface area contributed by atoms with Gasteiger partial charge in [-0.1, -0.05) is 60.7 Å². The first kappa shape index (κ1) is 18.1. The molecule has 0 aliphatic rings. The standard InChI is InChI=1S/C17H21NO2S3/c1-23(2,21)18-16(19)13-22(20)17(14-9-5-3-6-10-14)15-11-7-4-8-12-15/h3-12,17,21H,13H2,1-2H3,(H,18,19). The number of carbonyl (C=O) groups is 1. The van der Waals surface area contributed by atoms with Crippen molar-refractivity contribution in [3.8, 4) is 0 Å². The van der Waals surface area contributed by atoms with Gasteiger partial charge >= 0.3 is 0 Å². The molecule has 1 unspecified atom stereocenters. The van der Waals surface area contributed by atoms with Crippen LogP contribution in [-0.2, 0) is 15.6 Å². The number of hydrogen-bond acceptors (Lipinski definition) is 3. The third kappa shape index (κ3) is 5.71. The van der Waals surface area contributed by atoms with Gasteiger partial charge in [0.2, 0.25) is 5.91 Å². The van der Waals surface area contributed by atoms with E-state index in [-0.39, 0.29) is 16.9 Å². The van der Waals surface area contributed by atoms with Crippen molar-refractivity contribution in [1.82, 2.24) is 4.72 Å². The Balaban J connectivity index is 2.25. The molecule has 1 N–H and O–H groups in total. The Kier molecular flexibility index (Phi) is 6.33. The molecule has 23 heavy (non-hydrogen) atoms. The van der Waals surface area contributed by atoms with Crippen molar-refractivity contribution in [1.29, 1.82) is 0 Å². The number of carbonyl (C=O) groups excluding carboxylic acids is 1. The van der Waals surface area contributed by atoms with Crippen molar-refractivity contribution < 1.29 is 9.00 Å². The van der Waals surface area contributed by atoms with Crippen molar-refractivity contribution in [2.75, 3.05) is 18.3 Å². The van der Waals surface area contributed by atoms with Crippen LogP contribution < -0.4 is 4.72 Å². The van der Waals surface area contributed by atoms with Crippen molar-refractivity contribution in [2.24, 2.45) is 0 Å². The van der Waals surface area contributed by atoms with Crippen LogP contribution >= 0.6 is 20.9 Å². The van der Waals surface area contributed by atoms with Crippen LogP contribution in [0, 0.1) is 0 Å². The lowest BCUT2D eigenvalue weighted by atomic mass is 10.0. The maximum absolute atomic E-state index is 12.9. The molecule has 0 fully saturated rings. The number of amides is 1. The first-order valence-electron chi connectivity index (χ1n) is 7.10. The minimum Gasteiger partial charge on any atom is -0.310 e.